The molecule has 86 valence electrons. The largest absolute Gasteiger partial charge is 0.481 e. The van der Waals surface area contributed by atoms with E-state index in [0.717, 1.165) is 4.88 Å². The number of carboxylic acid groups (broad SMARTS) is 1. The minimum absolute atomic E-state index is 0.00120. The Kier molecular flexibility index (Phi) is 3.09. The van der Waals surface area contributed by atoms with E-state index in [0.29, 0.717) is 6.54 Å². The third kappa shape index (κ3) is 2.33. The Balaban J connectivity index is 1.94. The number of amides is 2. The van der Waals surface area contributed by atoms with Gasteiger partial charge in [0.15, 0.2) is 0 Å². The van der Waals surface area contributed by atoms with Crippen LogP contribution < -0.4 is 5.32 Å². The van der Waals surface area contributed by atoms with Crippen LogP contribution >= 0.6 is 11.3 Å². The normalized spacial score (nSPS) is 19.9. The third-order valence-corrected chi connectivity index (χ3v) is 3.46. The molecule has 2 heterocycles. The minimum Gasteiger partial charge on any atom is -0.481 e. The second-order valence-electron chi connectivity index (χ2n) is 3.61. The summed E-state index contributed by atoms with van der Waals surface area (Å²) < 4.78 is 0. The lowest BCUT2D eigenvalue weighted by Crippen LogP contribution is -2.30. The Morgan fingerprint density at radius 2 is 2.50 bits per heavy atom. The van der Waals surface area contributed by atoms with Gasteiger partial charge < -0.3 is 15.3 Å². The number of hydrogen-bond acceptors (Lipinski definition) is 3. The molecule has 0 aliphatic carbocycles. The van der Waals surface area contributed by atoms with Crippen LogP contribution in [0.3, 0.4) is 0 Å². The van der Waals surface area contributed by atoms with Crippen molar-refractivity contribution in [2.24, 2.45) is 0 Å². The lowest BCUT2D eigenvalue weighted by atomic mass is 10.2. The van der Waals surface area contributed by atoms with E-state index in [2.05, 4.69) is 5.32 Å². The lowest BCUT2D eigenvalue weighted by Gasteiger charge is -2.12. The fraction of sp³-hybridized carbons (Fsp3) is 0.400. The second-order valence-corrected chi connectivity index (χ2v) is 4.59. The van der Waals surface area contributed by atoms with Gasteiger partial charge in [0.1, 0.15) is 0 Å². The highest BCUT2D eigenvalue weighted by Gasteiger charge is 2.30. The van der Waals surface area contributed by atoms with Crippen LogP contribution in [0.15, 0.2) is 17.5 Å². The van der Waals surface area contributed by atoms with Crippen molar-refractivity contribution >= 4 is 23.3 Å². The monoisotopic (exact) mass is 240 g/mol. The van der Waals surface area contributed by atoms with Crippen LogP contribution in [0.4, 0.5) is 4.79 Å². The average Bonchev–Trinajstić information content (AvgIpc) is 2.83. The molecule has 0 bridgehead atoms. The molecule has 1 unspecified atom stereocenters. The predicted molar refractivity (Wildman–Crippen MR) is 59.4 cm³/mol. The van der Waals surface area contributed by atoms with Crippen LogP contribution in [0.1, 0.15) is 17.3 Å². The molecule has 1 aromatic heterocycles. The second kappa shape index (κ2) is 4.52. The highest BCUT2D eigenvalue weighted by Crippen LogP contribution is 2.24. The van der Waals surface area contributed by atoms with Crippen molar-refractivity contribution in [2.75, 3.05) is 13.1 Å². The smallest absolute Gasteiger partial charge is 0.318 e. The number of thiophene rings is 1. The Morgan fingerprint density at radius 3 is 3.12 bits per heavy atom. The molecule has 0 aromatic carbocycles. The zero-order valence-electron chi connectivity index (χ0n) is 8.55. The Morgan fingerprint density at radius 1 is 1.69 bits per heavy atom. The van der Waals surface area contributed by atoms with E-state index in [1.807, 2.05) is 17.5 Å². The molecular formula is C10H12N2O3S. The van der Waals surface area contributed by atoms with Crippen LogP contribution in [0.2, 0.25) is 0 Å². The molecule has 0 radical (unpaired) electrons. The summed E-state index contributed by atoms with van der Waals surface area (Å²) in [4.78, 5) is 24.6. The molecule has 1 aliphatic rings. The molecule has 1 aliphatic heterocycles. The van der Waals surface area contributed by atoms with Gasteiger partial charge in [-0.15, -0.1) is 11.3 Å². The minimum atomic E-state index is -0.882. The lowest BCUT2D eigenvalue weighted by molar-refractivity contribution is -0.137. The molecule has 1 fully saturated rings. The molecule has 1 aromatic rings. The van der Waals surface area contributed by atoms with E-state index in [4.69, 9.17) is 5.11 Å². The van der Waals surface area contributed by atoms with Crippen LogP contribution in [-0.2, 0) is 4.79 Å². The first-order chi connectivity index (χ1) is 7.66. The number of hydrogen-bond donors (Lipinski definition) is 2. The summed E-state index contributed by atoms with van der Waals surface area (Å²) in [5, 5.41) is 13.3. The molecule has 0 spiro atoms. The number of aliphatic carboxylic acids is 1. The van der Waals surface area contributed by atoms with Gasteiger partial charge in [0.25, 0.3) is 0 Å². The van der Waals surface area contributed by atoms with Gasteiger partial charge in [-0.05, 0) is 11.4 Å². The van der Waals surface area contributed by atoms with E-state index in [-0.39, 0.29) is 25.0 Å². The first-order valence-electron chi connectivity index (χ1n) is 4.97. The van der Waals surface area contributed by atoms with E-state index in [1.165, 1.54) is 0 Å². The van der Waals surface area contributed by atoms with Crippen molar-refractivity contribution in [3.63, 3.8) is 0 Å². The molecule has 1 saturated heterocycles. The zero-order chi connectivity index (χ0) is 11.5. The van der Waals surface area contributed by atoms with E-state index >= 15 is 0 Å². The van der Waals surface area contributed by atoms with Crippen molar-refractivity contribution in [1.29, 1.82) is 0 Å². The first-order valence-corrected chi connectivity index (χ1v) is 5.85. The van der Waals surface area contributed by atoms with Crippen molar-refractivity contribution in [3.8, 4) is 0 Å². The van der Waals surface area contributed by atoms with Crippen LogP contribution in [0.5, 0.6) is 0 Å². The topological polar surface area (TPSA) is 69.6 Å². The fourth-order valence-corrected chi connectivity index (χ4v) is 2.43. The number of rotatable bonds is 4. The van der Waals surface area contributed by atoms with E-state index < -0.39 is 5.97 Å². The highest BCUT2D eigenvalue weighted by molar-refractivity contribution is 7.10. The molecule has 2 rings (SSSR count). The summed E-state index contributed by atoms with van der Waals surface area (Å²) in [6.45, 7) is 0.815. The number of carbonyl (C=O) groups is 2. The summed E-state index contributed by atoms with van der Waals surface area (Å²) in [7, 11) is 0. The van der Waals surface area contributed by atoms with Gasteiger partial charge in [0, 0.05) is 18.0 Å². The molecular weight excluding hydrogens is 228 g/mol. The Hall–Kier alpha value is -1.56. The van der Waals surface area contributed by atoms with Crippen molar-refractivity contribution in [1.82, 2.24) is 10.2 Å². The first kappa shape index (κ1) is 10.9. The van der Waals surface area contributed by atoms with Gasteiger partial charge in [0.2, 0.25) is 0 Å². The summed E-state index contributed by atoms with van der Waals surface area (Å²) in [5.74, 6) is -0.882. The number of urea groups is 1. The maximum atomic E-state index is 11.5. The zero-order valence-corrected chi connectivity index (χ0v) is 9.37. The average molecular weight is 240 g/mol. The third-order valence-electron chi connectivity index (χ3n) is 2.47. The number of carbonyl (C=O) groups excluding carboxylic acids is 1. The highest BCUT2D eigenvalue weighted by atomic mass is 32.1. The molecule has 2 amide bonds. The molecule has 2 N–H and O–H groups in total. The van der Waals surface area contributed by atoms with Gasteiger partial charge in [-0.3, -0.25) is 4.79 Å². The quantitative estimate of drug-likeness (QED) is 0.833. The number of nitrogens with one attached hydrogen (secondary N) is 1. The summed E-state index contributed by atoms with van der Waals surface area (Å²) in [5.41, 5.74) is 0. The molecule has 1 atom stereocenters. The summed E-state index contributed by atoms with van der Waals surface area (Å²) >= 11 is 1.59. The number of carboxylic acids is 1. The van der Waals surface area contributed by atoms with Crippen molar-refractivity contribution < 1.29 is 14.7 Å². The fourth-order valence-electron chi connectivity index (χ4n) is 1.66. The Labute approximate surface area is 96.7 Å². The predicted octanol–water partition coefficient (Wildman–Crippen LogP) is 1.29. The van der Waals surface area contributed by atoms with Gasteiger partial charge >= 0.3 is 12.0 Å². The molecule has 5 nitrogen and oxygen atoms in total. The van der Waals surface area contributed by atoms with Crippen LogP contribution in [0, 0.1) is 0 Å². The maximum absolute atomic E-state index is 11.5. The van der Waals surface area contributed by atoms with Gasteiger partial charge in [0.05, 0.1) is 12.5 Å². The molecule has 16 heavy (non-hydrogen) atoms. The van der Waals surface area contributed by atoms with E-state index in [1.54, 1.807) is 16.2 Å². The van der Waals surface area contributed by atoms with Crippen molar-refractivity contribution in [2.45, 2.75) is 12.5 Å². The van der Waals surface area contributed by atoms with Gasteiger partial charge in [-0.1, -0.05) is 6.07 Å². The van der Waals surface area contributed by atoms with Crippen LogP contribution in [0.25, 0.3) is 0 Å². The number of nitrogens with zero attached hydrogens (tertiary/aromatic N) is 1. The standard InChI is InChI=1S/C10H12N2O3S/c13-9(14)3-4-12-6-7(11-10(12)15)8-2-1-5-16-8/h1-2,5,7H,3-4,6H2,(H,11,15)(H,13,14). The Bertz CT molecular complexity index is 391. The maximum Gasteiger partial charge on any atom is 0.318 e. The van der Waals surface area contributed by atoms with Gasteiger partial charge in [-0.2, -0.15) is 0 Å². The van der Waals surface area contributed by atoms with Crippen LogP contribution in [-0.4, -0.2) is 35.1 Å². The molecule has 6 heteroatoms. The SMILES string of the molecule is O=C(O)CCN1CC(c2cccs2)NC1=O. The van der Waals surface area contributed by atoms with Gasteiger partial charge in [-0.25, -0.2) is 4.79 Å². The van der Waals surface area contributed by atoms with Crippen molar-refractivity contribution in [3.05, 3.63) is 22.4 Å². The summed E-state index contributed by atoms with van der Waals surface area (Å²) in [6.07, 6.45) is -0.00934. The summed E-state index contributed by atoms with van der Waals surface area (Å²) in [6, 6.07) is 3.73. The molecule has 0 saturated carbocycles. The van der Waals surface area contributed by atoms with E-state index in [9.17, 15) is 9.59 Å².